The Bertz CT molecular complexity index is 711. The number of unbranched alkanes of at least 4 members (excludes halogenated alkanes) is 15. The number of benzene rings is 1. The van der Waals surface area contributed by atoms with Crippen molar-refractivity contribution in [2.45, 2.75) is 116 Å². The molecule has 33 heavy (non-hydrogen) atoms. The van der Waals surface area contributed by atoms with Crippen molar-refractivity contribution in [1.29, 1.82) is 0 Å². The number of nitro benzene ring substituents is 1. The molecule has 7 nitrogen and oxygen atoms in total. The second-order valence-corrected chi connectivity index (χ2v) is 8.96. The average molecular weight is 464 g/mol. The third-order valence-corrected chi connectivity index (χ3v) is 6.13. The van der Waals surface area contributed by atoms with Crippen LogP contribution < -0.4 is 0 Å². The quantitative estimate of drug-likeness (QED) is 0.116. The molecule has 186 valence electrons. The lowest BCUT2D eigenvalue weighted by Crippen LogP contribution is -2.11. The van der Waals surface area contributed by atoms with Crippen molar-refractivity contribution in [2.24, 2.45) is 0 Å². The SMILES string of the molecule is CCCCCCCCCCCCCCCCCCc1cc(C(=O)O)c([N+](=O)[O-])c(C(=O)O)c1. The van der Waals surface area contributed by atoms with Crippen LogP contribution in [0.3, 0.4) is 0 Å². The van der Waals surface area contributed by atoms with Crippen molar-refractivity contribution >= 4 is 17.6 Å². The topological polar surface area (TPSA) is 118 Å². The van der Waals surface area contributed by atoms with Crippen LogP contribution in [0.5, 0.6) is 0 Å². The van der Waals surface area contributed by atoms with Crippen molar-refractivity contribution < 1.29 is 24.7 Å². The molecule has 0 unspecified atom stereocenters. The van der Waals surface area contributed by atoms with Gasteiger partial charge in [0.1, 0.15) is 11.1 Å². The number of carboxylic acid groups (broad SMARTS) is 2. The largest absolute Gasteiger partial charge is 0.477 e. The van der Waals surface area contributed by atoms with E-state index in [9.17, 15) is 29.9 Å². The minimum absolute atomic E-state index is 0.511. The van der Waals surface area contributed by atoms with Gasteiger partial charge < -0.3 is 10.2 Å². The van der Waals surface area contributed by atoms with Gasteiger partial charge >= 0.3 is 11.9 Å². The number of hydrogen-bond donors (Lipinski definition) is 2. The fourth-order valence-electron chi connectivity index (χ4n) is 4.24. The third kappa shape index (κ3) is 11.8. The Morgan fingerprint density at radius 1 is 0.697 bits per heavy atom. The number of nitro groups is 1. The van der Waals surface area contributed by atoms with Gasteiger partial charge in [0.15, 0.2) is 0 Å². The molecular weight excluding hydrogens is 422 g/mol. The lowest BCUT2D eigenvalue weighted by atomic mass is 9.98. The zero-order chi connectivity index (χ0) is 24.5. The number of aromatic carboxylic acids is 2. The summed E-state index contributed by atoms with van der Waals surface area (Å²) in [5, 5.41) is 29.7. The van der Waals surface area contributed by atoms with Gasteiger partial charge in [-0.15, -0.1) is 0 Å². The summed E-state index contributed by atoms with van der Waals surface area (Å²) in [7, 11) is 0. The molecular formula is C26H41NO6. The van der Waals surface area contributed by atoms with E-state index in [4.69, 9.17) is 0 Å². The molecule has 0 saturated heterocycles. The van der Waals surface area contributed by atoms with Gasteiger partial charge in [0.05, 0.1) is 4.92 Å². The van der Waals surface area contributed by atoms with Gasteiger partial charge in [0.25, 0.3) is 5.69 Å². The molecule has 0 atom stereocenters. The Morgan fingerprint density at radius 2 is 1.03 bits per heavy atom. The van der Waals surface area contributed by atoms with Crippen LogP contribution >= 0.6 is 0 Å². The first kappa shape index (κ1) is 28.6. The van der Waals surface area contributed by atoms with Gasteiger partial charge in [-0.05, 0) is 30.5 Å². The number of rotatable bonds is 20. The van der Waals surface area contributed by atoms with Crippen LogP contribution in [0.4, 0.5) is 5.69 Å². The zero-order valence-corrected chi connectivity index (χ0v) is 20.2. The fraction of sp³-hybridized carbons (Fsp3) is 0.692. The highest BCUT2D eigenvalue weighted by molar-refractivity contribution is 6.01. The predicted octanol–water partition coefficient (Wildman–Crippen LogP) is 7.80. The van der Waals surface area contributed by atoms with Crippen LogP contribution in [0.25, 0.3) is 0 Å². The standard InChI is InChI=1S/C26H41NO6/c1-2-3-4-5-6-7-8-9-10-11-12-13-14-15-16-17-18-21-19-22(25(28)29)24(27(32)33)23(20-21)26(30)31/h19-20H,2-18H2,1H3,(H,28,29)(H,30,31). The van der Waals surface area contributed by atoms with E-state index < -0.39 is 33.7 Å². The summed E-state index contributed by atoms with van der Waals surface area (Å²) in [5.41, 5.74) is -1.47. The lowest BCUT2D eigenvalue weighted by molar-refractivity contribution is -0.385. The van der Waals surface area contributed by atoms with Crippen molar-refractivity contribution in [3.8, 4) is 0 Å². The van der Waals surface area contributed by atoms with E-state index in [1.807, 2.05) is 0 Å². The van der Waals surface area contributed by atoms with Crippen LogP contribution in [0, 0.1) is 10.1 Å². The molecule has 1 aromatic carbocycles. The molecule has 0 spiro atoms. The Labute approximate surface area is 197 Å². The van der Waals surface area contributed by atoms with Gasteiger partial charge in [-0.1, -0.05) is 103 Å². The van der Waals surface area contributed by atoms with Crippen LogP contribution in [-0.2, 0) is 6.42 Å². The molecule has 0 fully saturated rings. The number of carbonyl (C=O) groups is 2. The maximum Gasteiger partial charge on any atom is 0.342 e. The summed E-state index contributed by atoms with van der Waals surface area (Å²) < 4.78 is 0. The molecule has 7 heteroatoms. The molecule has 1 rings (SSSR count). The molecule has 1 aromatic rings. The van der Waals surface area contributed by atoms with Crippen LogP contribution in [-0.4, -0.2) is 27.1 Å². The molecule has 0 heterocycles. The first-order valence-corrected chi connectivity index (χ1v) is 12.7. The van der Waals surface area contributed by atoms with Crippen LogP contribution in [0.15, 0.2) is 12.1 Å². The molecule has 0 aliphatic heterocycles. The number of hydrogen-bond acceptors (Lipinski definition) is 4. The van der Waals surface area contributed by atoms with E-state index in [0.29, 0.717) is 12.0 Å². The van der Waals surface area contributed by atoms with E-state index >= 15 is 0 Å². The molecule has 0 bridgehead atoms. The highest BCUT2D eigenvalue weighted by atomic mass is 16.6. The van der Waals surface area contributed by atoms with Gasteiger partial charge in [-0.2, -0.15) is 0 Å². The van der Waals surface area contributed by atoms with Crippen molar-refractivity contribution in [3.63, 3.8) is 0 Å². The smallest absolute Gasteiger partial charge is 0.342 e. The molecule has 0 amide bonds. The normalized spacial score (nSPS) is 10.9. The van der Waals surface area contributed by atoms with E-state index in [0.717, 1.165) is 19.3 Å². The summed E-state index contributed by atoms with van der Waals surface area (Å²) in [5.74, 6) is -2.98. The lowest BCUT2D eigenvalue weighted by Gasteiger charge is -2.07. The average Bonchev–Trinajstić information content (AvgIpc) is 2.77. The second-order valence-electron chi connectivity index (χ2n) is 8.96. The number of carboxylic acids is 2. The van der Waals surface area contributed by atoms with Crippen LogP contribution in [0.1, 0.15) is 136 Å². The summed E-state index contributed by atoms with van der Waals surface area (Å²) >= 11 is 0. The minimum atomic E-state index is -1.49. The van der Waals surface area contributed by atoms with Gasteiger partial charge in [0.2, 0.25) is 0 Å². The monoisotopic (exact) mass is 463 g/mol. The zero-order valence-electron chi connectivity index (χ0n) is 20.2. The Hall–Kier alpha value is -2.44. The number of nitrogens with zero attached hydrogens (tertiary/aromatic N) is 1. The van der Waals surface area contributed by atoms with E-state index in [-0.39, 0.29) is 0 Å². The van der Waals surface area contributed by atoms with Crippen molar-refractivity contribution in [3.05, 3.63) is 38.9 Å². The predicted molar refractivity (Wildman–Crippen MR) is 130 cm³/mol. The van der Waals surface area contributed by atoms with Gasteiger partial charge in [-0.25, -0.2) is 9.59 Å². The van der Waals surface area contributed by atoms with Crippen LogP contribution in [0.2, 0.25) is 0 Å². The summed E-state index contributed by atoms with van der Waals surface area (Å²) in [4.78, 5) is 33.0. The number of aryl methyl sites for hydroxylation is 1. The Balaban J connectivity index is 2.19. The minimum Gasteiger partial charge on any atom is -0.477 e. The summed E-state index contributed by atoms with van der Waals surface area (Å²) in [6.07, 6.45) is 20.6. The van der Waals surface area contributed by atoms with E-state index in [1.54, 1.807) is 0 Å². The Kier molecular flexibility index (Phi) is 14.8. The Morgan fingerprint density at radius 3 is 1.33 bits per heavy atom. The van der Waals surface area contributed by atoms with E-state index in [2.05, 4.69) is 6.92 Å². The third-order valence-electron chi connectivity index (χ3n) is 6.13. The maximum absolute atomic E-state index is 11.4. The van der Waals surface area contributed by atoms with Crippen molar-refractivity contribution in [1.82, 2.24) is 0 Å². The molecule has 0 saturated carbocycles. The van der Waals surface area contributed by atoms with Gasteiger partial charge in [-0.3, -0.25) is 10.1 Å². The molecule has 0 aliphatic rings. The van der Waals surface area contributed by atoms with Crippen molar-refractivity contribution in [2.75, 3.05) is 0 Å². The highest BCUT2D eigenvalue weighted by Gasteiger charge is 2.29. The molecule has 0 aromatic heterocycles. The summed E-state index contributed by atoms with van der Waals surface area (Å²) in [6, 6.07) is 2.47. The molecule has 2 N–H and O–H groups in total. The maximum atomic E-state index is 11.4. The fourth-order valence-corrected chi connectivity index (χ4v) is 4.24. The second kappa shape index (κ2) is 17.1. The summed E-state index contributed by atoms with van der Waals surface area (Å²) in [6.45, 7) is 2.25. The first-order valence-electron chi connectivity index (χ1n) is 12.7. The van der Waals surface area contributed by atoms with E-state index in [1.165, 1.54) is 95.6 Å². The molecule has 0 aliphatic carbocycles. The first-order chi connectivity index (χ1) is 15.9. The van der Waals surface area contributed by atoms with Gasteiger partial charge in [0, 0.05) is 0 Å². The highest BCUT2D eigenvalue weighted by Crippen LogP contribution is 2.27. The molecule has 0 radical (unpaired) electrons.